The number of carbonyl (C=O) groups excluding carboxylic acids is 1. The fourth-order valence-corrected chi connectivity index (χ4v) is 9.44. The maximum atomic E-state index is 12.8. The summed E-state index contributed by atoms with van der Waals surface area (Å²) in [7, 11) is 0. The largest absolute Gasteiger partial charge is 0.393 e. The first-order valence-electron chi connectivity index (χ1n) is 13.3. The molecule has 0 aromatic carbocycles. The Morgan fingerprint density at radius 3 is 2.53 bits per heavy atom. The molecule has 8 atom stereocenters. The van der Waals surface area contributed by atoms with Crippen LogP contribution in [0.3, 0.4) is 0 Å². The van der Waals surface area contributed by atoms with Crippen molar-refractivity contribution in [3.05, 3.63) is 23.3 Å². The zero-order valence-electron chi connectivity index (χ0n) is 22.1. The van der Waals surface area contributed by atoms with Gasteiger partial charge in [-0.05, 0) is 98.7 Å². The zero-order valence-corrected chi connectivity index (χ0v) is 22.1. The lowest BCUT2D eigenvalue weighted by molar-refractivity contribution is -0.146. The molecule has 3 fully saturated rings. The quantitative estimate of drug-likeness (QED) is 0.459. The third-order valence-corrected chi connectivity index (χ3v) is 11.4. The number of allylic oxidation sites excluding steroid dienone is 4. The van der Waals surface area contributed by atoms with E-state index in [1.165, 1.54) is 18.4 Å². The van der Waals surface area contributed by atoms with Crippen LogP contribution in [0.4, 0.5) is 0 Å². The Balaban J connectivity index is 1.67. The summed E-state index contributed by atoms with van der Waals surface area (Å²) >= 11 is 0. The third-order valence-electron chi connectivity index (χ3n) is 11.4. The molecule has 0 spiro atoms. The minimum atomic E-state index is -0.214. The Kier molecular flexibility index (Phi) is 5.93. The Bertz CT molecular complexity index is 830. The van der Waals surface area contributed by atoms with Crippen molar-refractivity contribution in [3.63, 3.8) is 0 Å². The van der Waals surface area contributed by atoms with E-state index in [9.17, 15) is 9.90 Å². The number of aliphatic hydroxyl groups excluding tert-OH is 1. The van der Waals surface area contributed by atoms with Crippen molar-refractivity contribution in [1.82, 2.24) is 0 Å². The monoisotopic (exact) mass is 440 g/mol. The molecule has 0 bridgehead atoms. The van der Waals surface area contributed by atoms with Gasteiger partial charge in [-0.25, -0.2) is 0 Å². The van der Waals surface area contributed by atoms with Crippen LogP contribution < -0.4 is 0 Å². The van der Waals surface area contributed by atoms with E-state index in [0.717, 1.165) is 38.5 Å². The van der Waals surface area contributed by atoms with E-state index in [2.05, 4.69) is 67.5 Å². The molecule has 0 aliphatic heterocycles. The summed E-state index contributed by atoms with van der Waals surface area (Å²) in [4.78, 5) is 12.8. The maximum absolute atomic E-state index is 12.8. The molecule has 180 valence electrons. The average molecular weight is 441 g/mol. The van der Waals surface area contributed by atoms with E-state index in [-0.39, 0.29) is 27.8 Å². The average Bonchev–Trinajstić information content (AvgIpc) is 2.90. The molecular weight excluding hydrogens is 392 g/mol. The number of ketones is 1. The molecule has 32 heavy (non-hydrogen) atoms. The molecule has 4 aliphatic rings. The van der Waals surface area contributed by atoms with Crippen molar-refractivity contribution in [3.8, 4) is 0 Å². The van der Waals surface area contributed by atoms with Gasteiger partial charge in [-0.2, -0.15) is 0 Å². The summed E-state index contributed by atoms with van der Waals surface area (Å²) in [6, 6.07) is 0. The molecule has 0 aromatic heterocycles. The fraction of sp³-hybridized carbons (Fsp3) is 0.833. The predicted octanol–water partition coefficient (Wildman–Crippen LogP) is 7.51. The van der Waals surface area contributed by atoms with Gasteiger partial charge < -0.3 is 5.11 Å². The van der Waals surface area contributed by atoms with E-state index >= 15 is 0 Å². The van der Waals surface area contributed by atoms with Gasteiger partial charge in [0.25, 0.3) is 0 Å². The van der Waals surface area contributed by atoms with Crippen LogP contribution in [0.1, 0.15) is 107 Å². The summed E-state index contributed by atoms with van der Waals surface area (Å²) in [6.45, 7) is 18.6. The van der Waals surface area contributed by atoms with E-state index < -0.39 is 0 Å². The highest BCUT2D eigenvalue weighted by Crippen LogP contribution is 2.73. The molecular formula is C30H48O2. The van der Waals surface area contributed by atoms with Gasteiger partial charge >= 0.3 is 0 Å². The van der Waals surface area contributed by atoms with Crippen LogP contribution in [0.25, 0.3) is 0 Å². The molecule has 0 unspecified atom stereocenters. The number of hydrogen-bond donors (Lipinski definition) is 1. The highest BCUT2D eigenvalue weighted by atomic mass is 16.3. The Hall–Kier alpha value is -0.890. The van der Waals surface area contributed by atoms with E-state index in [1.54, 1.807) is 5.57 Å². The molecule has 4 aliphatic carbocycles. The Labute approximate surface area is 197 Å². The van der Waals surface area contributed by atoms with Crippen molar-refractivity contribution in [2.45, 2.75) is 113 Å². The Morgan fingerprint density at radius 2 is 1.88 bits per heavy atom. The zero-order chi connectivity index (χ0) is 23.7. The topological polar surface area (TPSA) is 37.3 Å². The predicted molar refractivity (Wildman–Crippen MR) is 133 cm³/mol. The normalized spacial score (nSPS) is 45.9. The molecule has 2 heteroatoms. The lowest BCUT2D eigenvalue weighted by atomic mass is 9.41. The highest BCUT2D eigenvalue weighted by molar-refractivity contribution is 5.85. The molecule has 0 heterocycles. The van der Waals surface area contributed by atoms with Gasteiger partial charge in [0.1, 0.15) is 5.78 Å². The SMILES string of the molecule is CC(C)=CCC[C@H](C)[C@H]1[C@H](O)C[C@@]2(C)C3=CC[C@@H]4C(C)(C)C(=O)CC[C@@]4(C)[C@@H]3CC[C@]12C. The molecule has 3 saturated carbocycles. The summed E-state index contributed by atoms with van der Waals surface area (Å²) in [5.74, 6) is 2.38. The van der Waals surface area contributed by atoms with Crippen LogP contribution in [-0.2, 0) is 4.79 Å². The van der Waals surface area contributed by atoms with Gasteiger partial charge in [-0.3, -0.25) is 4.79 Å². The van der Waals surface area contributed by atoms with Gasteiger partial charge in [-0.1, -0.05) is 64.8 Å². The highest BCUT2D eigenvalue weighted by Gasteiger charge is 2.67. The van der Waals surface area contributed by atoms with Crippen LogP contribution >= 0.6 is 0 Å². The second kappa shape index (κ2) is 7.82. The number of Topliss-reactive ketones (excluding diaryl/α,β-unsaturated/α-hetero) is 1. The van der Waals surface area contributed by atoms with Gasteiger partial charge in [-0.15, -0.1) is 0 Å². The lowest BCUT2D eigenvalue weighted by Gasteiger charge is -2.63. The van der Waals surface area contributed by atoms with Gasteiger partial charge in [0.2, 0.25) is 0 Å². The second-order valence-electron chi connectivity index (χ2n) is 13.6. The number of fused-ring (bicyclic) bond motifs is 5. The van der Waals surface area contributed by atoms with Crippen LogP contribution in [0.15, 0.2) is 23.3 Å². The number of hydrogen-bond acceptors (Lipinski definition) is 2. The maximum Gasteiger partial charge on any atom is 0.138 e. The van der Waals surface area contributed by atoms with Crippen molar-refractivity contribution in [1.29, 1.82) is 0 Å². The van der Waals surface area contributed by atoms with E-state index in [0.29, 0.717) is 29.5 Å². The lowest BCUT2D eigenvalue weighted by Crippen LogP contribution is -2.57. The molecule has 0 amide bonds. The molecule has 0 radical (unpaired) electrons. The number of carbonyl (C=O) groups is 1. The summed E-state index contributed by atoms with van der Waals surface area (Å²) in [6.07, 6.45) is 13.1. The second-order valence-corrected chi connectivity index (χ2v) is 13.6. The summed E-state index contributed by atoms with van der Waals surface area (Å²) in [5, 5.41) is 11.4. The molecule has 1 N–H and O–H groups in total. The first-order valence-corrected chi connectivity index (χ1v) is 13.3. The van der Waals surface area contributed by atoms with Crippen LogP contribution in [-0.4, -0.2) is 17.0 Å². The fourth-order valence-electron chi connectivity index (χ4n) is 9.44. The van der Waals surface area contributed by atoms with Crippen molar-refractivity contribution in [2.24, 2.45) is 45.3 Å². The molecule has 0 aromatic rings. The van der Waals surface area contributed by atoms with E-state index in [1.807, 2.05) is 0 Å². The smallest absolute Gasteiger partial charge is 0.138 e. The van der Waals surface area contributed by atoms with Crippen LogP contribution in [0.2, 0.25) is 0 Å². The van der Waals surface area contributed by atoms with Crippen LogP contribution in [0.5, 0.6) is 0 Å². The van der Waals surface area contributed by atoms with Crippen molar-refractivity contribution in [2.75, 3.05) is 0 Å². The third kappa shape index (κ3) is 3.25. The number of rotatable bonds is 4. The first-order chi connectivity index (χ1) is 14.8. The standard InChI is InChI=1S/C30H48O2/c1-19(2)10-9-11-20(3)26-23(31)18-30(8)22-12-13-24-27(4,5)25(32)15-16-28(24,6)21(22)14-17-29(26,30)7/h10,12,20-21,23-24,26,31H,9,11,13-18H2,1-8H3/t20-,21+,23+,24+,26-,28-,29+,30-/m0/s1. The summed E-state index contributed by atoms with van der Waals surface area (Å²) < 4.78 is 0. The van der Waals surface area contributed by atoms with Gasteiger partial charge in [0, 0.05) is 11.8 Å². The first kappa shape index (κ1) is 24.2. The van der Waals surface area contributed by atoms with Crippen LogP contribution in [0, 0.1) is 45.3 Å². The van der Waals surface area contributed by atoms with E-state index in [4.69, 9.17) is 0 Å². The van der Waals surface area contributed by atoms with Gasteiger partial charge in [0.15, 0.2) is 0 Å². The Morgan fingerprint density at radius 1 is 1.19 bits per heavy atom. The van der Waals surface area contributed by atoms with Gasteiger partial charge in [0.05, 0.1) is 6.10 Å². The van der Waals surface area contributed by atoms with Crippen molar-refractivity contribution < 1.29 is 9.90 Å². The summed E-state index contributed by atoms with van der Waals surface area (Å²) in [5.41, 5.74) is 3.27. The molecule has 2 nitrogen and oxygen atoms in total. The minimum absolute atomic E-state index is 0.0738. The molecule has 0 saturated heterocycles. The minimum Gasteiger partial charge on any atom is -0.393 e. The molecule has 4 rings (SSSR count). The number of aliphatic hydroxyl groups is 1. The van der Waals surface area contributed by atoms with Crippen molar-refractivity contribution >= 4 is 5.78 Å².